The molecule has 1 aromatic carbocycles. The molecule has 0 unspecified atom stereocenters. The molecule has 2 N–H and O–H groups in total. The lowest BCUT2D eigenvalue weighted by molar-refractivity contribution is 0.0321. The quantitative estimate of drug-likeness (QED) is 0.673. The number of benzene rings is 1. The van der Waals surface area contributed by atoms with Crippen molar-refractivity contribution in [2.24, 2.45) is 5.92 Å². The van der Waals surface area contributed by atoms with Gasteiger partial charge in [-0.25, -0.2) is 17.9 Å². The van der Waals surface area contributed by atoms with Gasteiger partial charge in [0, 0.05) is 32.7 Å². The number of nitrogens with one attached hydrogen (secondary N) is 1. The Labute approximate surface area is 168 Å². The average molecular weight is 441 g/mol. The van der Waals surface area contributed by atoms with E-state index >= 15 is 0 Å². The number of rotatable bonds is 7. The van der Waals surface area contributed by atoms with E-state index in [1.807, 2.05) is 0 Å². The molecule has 152 valence electrons. The van der Waals surface area contributed by atoms with Gasteiger partial charge in [-0.05, 0) is 17.7 Å². The molecule has 27 heavy (non-hydrogen) atoms. The third-order valence-electron chi connectivity index (χ3n) is 4.21. The molecule has 2 rings (SSSR count). The van der Waals surface area contributed by atoms with E-state index in [9.17, 15) is 18.3 Å². The Bertz CT molecular complexity index is 761. The molecule has 0 aliphatic carbocycles. The summed E-state index contributed by atoms with van der Waals surface area (Å²) in [5.41, 5.74) is 0.706. The number of hydrogen-bond acceptors (Lipinski definition) is 5. The van der Waals surface area contributed by atoms with E-state index in [1.54, 1.807) is 18.2 Å². The summed E-state index contributed by atoms with van der Waals surface area (Å²) in [6.07, 6.45) is -1.62. The standard InChI is InChI=1S/C16H22Cl2N2O6S/c1-25-6-7-27(23,24)19-9-12-10-20(16(21)22)4-5-26-15(12)11-2-3-13(17)14(18)8-11/h2-3,8,12,15,19H,4-7,9-10H2,1H3,(H,21,22)/t12-,15+/m1/s1. The van der Waals surface area contributed by atoms with Crippen molar-refractivity contribution in [1.29, 1.82) is 0 Å². The predicted molar refractivity (Wildman–Crippen MR) is 102 cm³/mol. The van der Waals surface area contributed by atoms with E-state index in [0.717, 1.165) is 0 Å². The number of halogens is 2. The second-order valence-corrected chi connectivity index (χ2v) is 8.85. The molecule has 1 heterocycles. The van der Waals surface area contributed by atoms with Gasteiger partial charge < -0.3 is 19.5 Å². The van der Waals surface area contributed by atoms with Crippen LogP contribution >= 0.6 is 23.2 Å². The summed E-state index contributed by atoms with van der Waals surface area (Å²) in [6.45, 7) is 0.575. The maximum absolute atomic E-state index is 12.1. The summed E-state index contributed by atoms with van der Waals surface area (Å²) >= 11 is 12.1. The highest BCUT2D eigenvalue weighted by Gasteiger charge is 2.32. The first-order valence-electron chi connectivity index (χ1n) is 8.24. The summed E-state index contributed by atoms with van der Waals surface area (Å²) in [5, 5.41) is 10.1. The highest BCUT2D eigenvalue weighted by atomic mass is 35.5. The van der Waals surface area contributed by atoms with Gasteiger partial charge in [0.2, 0.25) is 10.0 Å². The molecule has 0 radical (unpaired) electrons. The molecule has 0 saturated carbocycles. The molecule has 1 saturated heterocycles. The van der Waals surface area contributed by atoms with Crippen LogP contribution in [0.5, 0.6) is 0 Å². The number of amides is 1. The molecule has 0 bridgehead atoms. The first kappa shape index (κ1) is 22.2. The van der Waals surface area contributed by atoms with E-state index in [0.29, 0.717) is 15.6 Å². The van der Waals surface area contributed by atoms with Crippen LogP contribution < -0.4 is 4.72 Å². The minimum Gasteiger partial charge on any atom is -0.465 e. The number of carbonyl (C=O) groups is 1. The lowest BCUT2D eigenvalue weighted by atomic mass is 9.95. The summed E-state index contributed by atoms with van der Waals surface area (Å²) < 4.78 is 37.3. The van der Waals surface area contributed by atoms with E-state index in [1.165, 1.54) is 12.0 Å². The van der Waals surface area contributed by atoms with Crippen molar-refractivity contribution in [2.75, 3.05) is 45.7 Å². The minimum atomic E-state index is -3.56. The normalized spacial score (nSPS) is 21.1. The zero-order valence-corrected chi connectivity index (χ0v) is 17.1. The highest BCUT2D eigenvalue weighted by molar-refractivity contribution is 7.89. The monoisotopic (exact) mass is 440 g/mol. The number of nitrogens with zero attached hydrogens (tertiary/aromatic N) is 1. The van der Waals surface area contributed by atoms with Crippen LogP contribution in [0.4, 0.5) is 4.79 Å². The molecular formula is C16H22Cl2N2O6S. The smallest absolute Gasteiger partial charge is 0.407 e. The Morgan fingerprint density at radius 1 is 1.41 bits per heavy atom. The third kappa shape index (κ3) is 6.48. The lowest BCUT2D eigenvalue weighted by Crippen LogP contribution is -2.41. The summed E-state index contributed by atoms with van der Waals surface area (Å²) in [5.74, 6) is -0.630. The van der Waals surface area contributed by atoms with Gasteiger partial charge in [-0.15, -0.1) is 0 Å². The molecule has 1 aromatic rings. The first-order valence-corrected chi connectivity index (χ1v) is 10.6. The zero-order valence-electron chi connectivity index (χ0n) is 14.7. The van der Waals surface area contributed by atoms with Crippen molar-refractivity contribution >= 4 is 39.3 Å². The molecular weight excluding hydrogens is 419 g/mol. The Balaban J connectivity index is 2.22. The van der Waals surface area contributed by atoms with Crippen LogP contribution in [-0.4, -0.2) is 70.2 Å². The largest absolute Gasteiger partial charge is 0.465 e. The van der Waals surface area contributed by atoms with Gasteiger partial charge in [-0.3, -0.25) is 0 Å². The summed E-state index contributed by atoms with van der Waals surface area (Å²) in [7, 11) is -2.14. The number of carboxylic acid groups (broad SMARTS) is 1. The van der Waals surface area contributed by atoms with Gasteiger partial charge >= 0.3 is 6.09 Å². The van der Waals surface area contributed by atoms with Crippen molar-refractivity contribution in [2.45, 2.75) is 6.10 Å². The van der Waals surface area contributed by atoms with E-state index in [-0.39, 0.29) is 38.6 Å². The van der Waals surface area contributed by atoms with E-state index in [2.05, 4.69) is 4.72 Å². The van der Waals surface area contributed by atoms with Gasteiger partial charge in [-0.1, -0.05) is 29.3 Å². The van der Waals surface area contributed by atoms with Gasteiger partial charge in [-0.2, -0.15) is 0 Å². The summed E-state index contributed by atoms with van der Waals surface area (Å²) in [4.78, 5) is 12.6. The Morgan fingerprint density at radius 2 is 2.15 bits per heavy atom. The van der Waals surface area contributed by atoms with Crippen molar-refractivity contribution < 1.29 is 27.8 Å². The molecule has 1 fully saturated rings. The molecule has 2 atom stereocenters. The van der Waals surface area contributed by atoms with Gasteiger partial charge in [0.25, 0.3) is 0 Å². The van der Waals surface area contributed by atoms with Crippen LogP contribution in [0, 0.1) is 5.92 Å². The van der Waals surface area contributed by atoms with Crippen LogP contribution in [0.1, 0.15) is 11.7 Å². The fraction of sp³-hybridized carbons (Fsp3) is 0.562. The first-order chi connectivity index (χ1) is 12.7. The number of hydrogen-bond donors (Lipinski definition) is 2. The molecule has 0 aromatic heterocycles. The highest BCUT2D eigenvalue weighted by Crippen LogP contribution is 2.33. The third-order valence-corrected chi connectivity index (χ3v) is 6.26. The number of sulfonamides is 1. The fourth-order valence-corrected chi connectivity index (χ4v) is 4.10. The molecule has 1 amide bonds. The van der Waals surface area contributed by atoms with E-state index < -0.39 is 28.1 Å². The topological polar surface area (TPSA) is 105 Å². The van der Waals surface area contributed by atoms with E-state index in [4.69, 9.17) is 32.7 Å². The van der Waals surface area contributed by atoms with Gasteiger partial charge in [0.15, 0.2) is 0 Å². The number of methoxy groups -OCH3 is 1. The zero-order chi connectivity index (χ0) is 20.0. The second kappa shape index (κ2) is 9.90. The molecule has 8 nitrogen and oxygen atoms in total. The van der Waals surface area contributed by atoms with Crippen molar-refractivity contribution in [3.05, 3.63) is 33.8 Å². The lowest BCUT2D eigenvalue weighted by Gasteiger charge is -2.27. The Kier molecular flexibility index (Phi) is 8.14. The van der Waals surface area contributed by atoms with Gasteiger partial charge in [0.1, 0.15) is 0 Å². The van der Waals surface area contributed by atoms with Crippen LogP contribution in [0.25, 0.3) is 0 Å². The minimum absolute atomic E-state index is 0.0146. The van der Waals surface area contributed by atoms with Crippen molar-refractivity contribution in [3.63, 3.8) is 0 Å². The molecule has 11 heteroatoms. The van der Waals surface area contributed by atoms with Crippen molar-refractivity contribution in [3.8, 4) is 0 Å². The van der Waals surface area contributed by atoms with Crippen molar-refractivity contribution in [1.82, 2.24) is 9.62 Å². The van der Waals surface area contributed by atoms with Crippen LogP contribution in [-0.2, 0) is 19.5 Å². The summed E-state index contributed by atoms with van der Waals surface area (Å²) in [6, 6.07) is 5.02. The SMILES string of the molecule is COCCS(=O)(=O)NC[C@@H]1CN(C(=O)O)CCO[C@H]1c1ccc(Cl)c(Cl)c1. The van der Waals surface area contributed by atoms with Crippen LogP contribution in [0.3, 0.4) is 0 Å². The fourth-order valence-electron chi connectivity index (χ4n) is 2.80. The average Bonchev–Trinajstić information content (AvgIpc) is 2.83. The number of ether oxygens (including phenoxy) is 2. The Hall–Kier alpha value is -1.10. The van der Waals surface area contributed by atoms with Crippen LogP contribution in [0.2, 0.25) is 10.0 Å². The maximum atomic E-state index is 12.1. The molecule has 1 aliphatic heterocycles. The predicted octanol–water partition coefficient (Wildman–Crippen LogP) is 2.23. The molecule has 0 spiro atoms. The maximum Gasteiger partial charge on any atom is 0.407 e. The van der Waals surface area contributed by atoms with Gasteiger partial charge in [0.05, 0.1) is 35.1 Å². The second-order valence-electron chi connectivity index (χ2n) is 6.11. The van der Waals surface area contributed by atoms with Crippen LogP contribution in [0.15, 0.2) is 18.2 Å². The molecule has 1 aliphatic rings. The Morgan fingerprint density at radius 3 is 2.78 bits per heavy atom.